The van der Waals surface area contributed by atoms with Gasteiger partial charge in [0.1, 0.15) is 5.69 Å². The van der Waals surface area contributed by atoms with Gasteiger partial charge in [0, 0.05) is 11.3 Å². The SMILES string of the molecule is CCOC(=O)c1[nH]c(C)c(C(=O)c2cccs2)c1C. The quantitative estimate of drug-likeness (QED) is 0.690. The number of aromatic amines is 1. The van der Waals surface area contributed by atoms with E-state index in [0.29, 0.717) is 34.0 Å². The lowest BCUT2D eigenvalue weighted by molar-refractivity contribution is 0.0519. The van der Waals surface area contributed by atoms with Crippen LogP contribution in [0.25, 0.3) is 0 Å². The zero-order valence-electron chi connectivity index (χ0n) is 11.1. The van der Waals surface area contributed by atoms with Crippen LogP contribution < -0.4 is 0 Å². The summed E-state index contributed by atoms with van der Waals surface area (Å²) >= 11 is 1.39. The van der Waals surface area contributed by atoms with Gasteiger partial charge in [0.05, 0.1) is 11.5 Å². The van der Waals surface area contributed by atoms with Crippen molar-refractivity contribution in [1.29, 1.82) is 0 Å². The lowest BCUT2D eigenvalue weighted by Gasteiger charge is -2.01. The van der Waals surface area contributed by atoms with Gasteiger partial charge >= 0.3 is 5.97 Å². The number of carbonyl (C=O) groups excluding carboxylic acids is 2. The molecule has 0 amide bonds. The fourth-order valence-electron chi connectivity index (χ4n) is 2.03. The number of ether oxygens (including phenoxy) is 1. The molecule has 0 saturated heterocycles. The number of nitrogens with one attached hydrogen (secondary N) is 1. The van der Waals surface area contributed by atoms with Gasteiger partial charge in [0.2, 0.25) is 5.78 Å². The van der Waals surface area contributed by atoms with Crippen LogP contribution in [0.2, 0.25) is 0 Å². The van der Waals surface area contributed by atoms with Crippen molar-refractivity contribution in [3.63, 3.8) is 0 Å². The van der Waals surface area contributed by atoms with Crippen LogP contribution in [0.5, 0.6) is 0 Å². The van der Waals surface area contributed by atoms with Crippen molar-refractivity contribution in [2.45, 2.75) is 20.8 Å². The molecule has 0 fully saturated rings. The van der Waals surface area contributed by atoms with Crippen LogP contribution in [-0.4, -0.2) is 23.3 Å². The van der Waals surface area contributed by atoms with Crippen LogP contribution in [0.1, 0.15) is 43.9 Å². The van der Waals surface area contributed by atoms with Crippen LogP contribution in [-0.2, 0) is 4.74 Å². The monoisotopic (exact) mass is 277 g/mol. The molecule has 0 aliphatic heterocycles. The van der Waals surface area contributed by atoms with Gasteiger partial charge in [-0.05, 0) is 37.8 Å². The summed E-state index contributed by atoms with van der Waals surface area (Å²) in [7, 11) is 0. The van der Waals surface area contributed by atoms with Gasteiger partial charge in [-0.1, -0.05) is 6.07 Å². The van der Waals surface area contributed by atoms with Crippen molar-refractivity contribution in [3.05, 3.63) is 44.9 Å². The summed E-state index contributed by atoms with van der Waals surface area (Å²) in [4.78, 5) is 27.8. The van der Waals surface area contributed by atoms with Gasteiger partial charge < -0.3 is 9.72 Å². The number of hydrogen-bond donors (Lipinski definition) is 1. The molecule has 0 aliphatic carbocycles. The molecule has 1 N–H and O–H groups in total. The number of thiophene rings is 1. The molecule has 5 heteroatoms. The molecule has 0 atom stereocenters. The highest BCUT2D eigenvalue weighted by molar-refractivity contribution is 7.12. The van der Waals surface area contributed by atoms with E-state index in [4.69, 9.17) is 4.74 Å². The van der Waals surface area contributed by atoms with Crippen LogP contribution in [0.4, 0.5) is 0 Å². The van der Waals surface area contributed by atoms with E-state index in [1.54, 1.807) is 26.8 Å². The third-order valence-electron chi connectivity index (χ3n) is 2.89. The van der Waals surface area contributed by atoms with Gasteiger partial charge in [0.15, 0.2) is 0 Å². The molecule has 2 aromatic rings. The molecule has 2 rings (SSSR count). The summed E-state index contributed by atoms with van der Waals surface area (Å²) in [6.45, 7) is 5.61. The van der Waals surface area contributed by atoms with E-state index in [1.165, 1.54) is 11.3 Å². The second-order valence-electron chi connectivity index (χ2n) is 4.15. The van der Waals surface area contributed by atoms with E-state index < -0.39 is 5.97 Å². The van der Waals surface area contributed by atoms with Crippen LogP contribution in [0.15, 0.2) is 17.5 Å². The third-order valence-corrected chi connectivity index (χ3v) is 3.76. The first-order chi connectivity index (χ1) is 9.06. The summed E-state index contributed by atoms with van der Waals surface area (Å²) in [6.07, 6.45) is 0. The first-order valence-corrected chi connectivity index (χ1v) is 6.88. The molecular formula is C14H15NO3S. The average molecular weight is 277 g/mol. The second-order valence-corrected chi connectivity index (χ2v) is 5.10. The highest BCUT2D eigenvalue weighted by Gasteiger charge is 2.23. The molecule has 2 heterocycles. The minimum absolute atomic E-state index is 0.0585. The topological polar surface area (TPSA) is 59.2 Å². The molecule has 0 aromatic carbocycles. The van der Waals surface area contributed by atoms with Crippen LogP contribution >= 0.6 is 11.3 Å². The molecule has 0 bridgehead atoms. The molecule has 0 unspecified atom stereocenters. The minimum Gasteiger partial charge on any atom is -0.461 e. The molecular weight excluding hydrogens is 262 g/mol. The molecule has 0 spiro atoms. The Kier molecular flexibility index (Phi) is 3.85. The van der Waals surface area contributed by atoms with E-state index in [1.807, 2.05) is 11.4 Å². The Morgan fingerprint density at radius 2 is 2.11 bits per heavy atom. The number of esters is 1. The lowest BCUT2D eigenvalue weighted by Crippen LogP contribution is -2.07. The summed E-state index contributed by atoms with van der Waals surface area (Å²) in [5.41, 5.74) is 2.26. The zero-order valence-corrected chi connectivity index (χ0v) is 11.9. The Balaban J connectivity index is 2.42. The normalized spacial score (nSPS) is 10.5. The summed E-state index contributed by atoms with van der Waals surface area (Å²) in [5.74, 6) is -0.481. The largest absolute Gasteiger partial charge is 0.461 e. The van der Waals surface area contributed by atoms with Crippen molar-refractivity contribution in [3.8, 4) is 0 Å². The fraction of sp³-hybridized carbons (Fsp3) is 0.286. The van der Waals surface area contributed by atoms with E-state index in [-0.39, 0.29) is 5.78 Å². The van der Waals surface area contributed by atoms with Crippen LogP contribution in [0, 0.1) is 13.8 Å². The van der Waals surface area contributed by atoms with Gasteiger partial charge in [-0.2, -0.15) is 0 Å². The summed E-state index contributed by atoms with van der Waals surface area (Å²) in [6, 6.07) is 3.62. The van der Waals surface area contributed by atoms with Gasteiger partial charge in [-0.3, -0.25) is 4.79 Å². The molecule has 0 aliphatic rings. The third kappa shape index (κ3) is 2.46. The van der Waals surface area contributed by atoms with Crippen molar-refractivity contribution in [2.75, 3.05) is 6.61 Å². The number of rotatable bonds is 4. The van der Waals surface area contributed by atoms with Crippen molar-refractivity contribution >= 4 is 23.1 Å². The number of hydrogen-bond acceptors (Lipinski definition) is 4. The maximum absolute atomic E-state index is 12.4. The van der Waals surface area contributed by atoms with E-state index in [9.17, 15) is 9.59 Å². The molecule has 19 heavy (non-hydrogen) atoms. The summed E-state index contributed by atoms with van der Waals surface area (Å²) in [5, 5.41) is 1.86. The first-order valence-electron chi connectivity index (χ1n) is 6.00. The van der Waals surface area contributed by atoms with Gasteiger partial charge in [0.25, 0.3) is 0 Å². The highest BCUT2D eigenvalue weighted by Crippen LogP contribution is 2.24. The predicted molar refractivity (Wildman–Crippen MR) is 74.0 cm³/mol. The molecule has 2 aromatic heterocycles. The number of H-pyrrole nitrogens is 1. The predicted octanol–water partition coefficient (Wildman–Crippen LogP) is 3.10. The number of aromatic nitrogens is 1. The number of carbonyl (C=O) groups is 2. The Bertz CT molecular complexity index is 611. The smallest absolute Gasteiger partial charge is 0.355 e. The van der Waals surface area contributed by atoms with Gasteiger partial charge in [-0.25, -0.2) is 4.79 Å². The molecule has 100 valence electrons. The molecule has 0 saturated carbocycles. The van der Waals surface area contributed by atoms with E-state index in [0.717, 1.165) is 0 Å². The van der Waals surface area contributed by atoms with Crippen LogP contribution in [0.3, 0.4) is 0 Å². The molecule has 4 nitrogen and oxygen atoms in total. The number of ketones is 1. The summed E-state index contributed by atoms with van der Waals surface area (Å²) < 4.78 is 4.97. The maximum atomic E-state index is 12.4. The maximum Gasteiger partial charge on any atom is 0.355 e. The average Bonchev–Trinajstić information content (AvgIpc) is 2.97. The van der Waals surface area contributed by atoms with Crippen molar-refractivity contribution in [1.82, 2.24) is 4.98 Å². The van der Waals surface area contributed by atoms with E-state index in [2.05, 4.69) is 4.98 Å². The van der Waals surface area contributed by atoms with E-state index >= 15 is 0 Å². The first kappa shape index (κ1) is 13.5. The minimum atomic E-state index is -0.423. The fourth-order valence-corrected chi connectivity index (χ4v) is 2.70. The molecule has 0 radical (unpaired) electrons. The Morgan fingerprint density at radius 3 is 2.68 bits per heavy atom. The van der Waals surface area contributed by atoms with Crippen molar-refractivity contribution < 1.29 is 14.3 Å². The zero-order chi connectivity index (χ0) is 14.0. The number of aryl methyl sites for hydroxylation is 1. The Hall–Kier alpha value is -1.88. The Morgan fingerprint density at radius 1 is 1.37 bits per heavy atom. The lowest BCUT2D eigenvalue weighted by atomic mass is 10.0. The highest BCUT2D eigenvalue weighted by atomic mass is 32.1. The van der Waals surface area contributed by atoms with Gasteiger partial charge in [-0.15, -0.1) is 11.3 Å². The van der Waals surface area contributed by atoms with Crippen molar-refractivity contribution in [2.24, 2.45) is 0 Å². The Labute approximate surface area is 115 Å². The standard InChI is InChI=1S/C14H15NO3S/c1-4-18-14(17)12-8(2)11(9(3)15-12)13(16)10-6-5-7-19-10/h5-7,15H,4H2,1-3H3. The second kappa shape index (κ2) is 5.40.